The van der Waals surface area contributed by atoms with Gasteiger partial charge in [0.15, 0.2) is 0 Å². The van der Waals surface area contributed by atoms with E-state index in [2.05, 4.69) is 4.40 Å². The minimum atomic E-state index is -3.53. The maximum atomic E-state index is 11.8. The molecule has 0 aliphatic heterocycles. The summed E-state index contributed by atoms with van der Waals surface area (Å²) in [6.07, 6.45) is 2.12. The molecule has 0 heterocycles. The van der Waals surface area contributed by atoms with Gasteiger partial charge in [0.05, 0.1) is 4.90 Å². The van der Waals surface area contributed by atoms with Gasteiger partial charge < -0.3 is 0 Å². The van der Waals surface area contributed by atoms with E-state index in [9.17, 15) is 8.42 Å². The third-order valence-electron chi connectivity index (χ3n) is 2.24. The number of aryl methyl sites for hydroxylation is 1. The van der Waals surface area contributed by atoms with Gasteiger partial charge in [0, 0.05) is 6.21 Å². The lowest BCUT2D eigenvalue weighted by molar-refractivity contribution is 0.438. The number of hydrogen-bond donors (Lipinski definition) is 0. The van der Waals surface area contributed by atoms with Crippen LogP contribution in [0, 0.1) is 12.3 Å². The number of rotatable bonds is 3. The monoisotopic (exact) mass is 253 g/mol. The first-order chi connectivity index (χ1) is 7.71. The van der Waals surface area contributed by atoms with E-state index >= 15 is 0 Å². The van der Waals surface area contributed by atoms with Crippen LogP contribution in [0.2, 0.25) is 0 Å². The van der Waals surface area contributed by atoms with E-state index in [1.54, 1.807) is 24.3 Å². The van der Waals surface area contributed by atoms with Gasteiger partial charge in [-0.2, -0.15) is 12.8 Å². The molecule has 0 aromatic heterocycles. The van der Waals surface area contributed by atoms with Crippen molar-refractivity contribution in [3.63, 3.8) is 0 Å². The van der Waals surface area contributed by atoms with Crippen LogP contribution >= 0.6 is 0 Å². The molecule has 0 saturated carbocycles. The smallest absolute Gasteiger partial charge is 0.199 e. The van der Waals surface area contributed by atoms with E-state index in [0.717, 1.165) is 5.56 Å². The molecule has 0 spiro atoms. The molecule has 1 aromatic rings. The zero-order chi connectivity index (χ0) is 13.1. The summed E-state index contributed by atoms with van der Waals surface area (Å²) < 4.78 is 27.4. The molecule has 0 atom stereocenters. The van der Waals surface area contributed by atoms with Crippen LogP contribution < -0.4 is 0 Å². The van der Waals surface area contributed by atoms with Crippen molar-refractivity contribution in [2.75, 3.05) is 0 Å². The highest BCUT2D eigenvalue weighted by molar-refractivity contribution is 7.90. The van der Waals surface area contributed by atoms with Gasteiger partial charge in [-0.15, -0.1) is 0 Å². The maximum Gasteiger partial charge on any atom is 0.281 e. The topological polar surface area (TPSA) is 46.5 Å². The van der Waals surface area contributed by atoms with Gasteiger partial charge in [-0.3, -0.25) is 0 Å². The molecule has 0 amide bonds. The van der Waals surface area contributed by atoms with Gasteiger partial charge in [-0.1, -0.05) is 38.5 Å². The molecule has 1 rings (SSSR count). The summed E-state index contributed by atoms with van der Waals surface area (Å²) in [7, 11) is -3.53. The van der Waals surface area contributed by atoms with Crippen LogP contribution in [0.4, 0.5) is 0 Å². The van der Waals surface area contributed by atoms with Gasteiger partial charge in [0.1, 0.15) is 0 Å². The fraction of sp³-hybridized carbons (Fsp3) is 0.462. The summed E-state index contributed by atoms with van der Waals surface area (Å²) in [6.45, 7) is 8.03. The van der Waals surface area contributed by atoms with E-state index in [1.165, 1.54) is 6.21 Å². The molecule has 0 radical (unpaired) electrons. The molecule has 1 aromatic carbocycles. The molecule has 0 aliphatic carbocycles. The van der Waals surface area contributed by atoms with Crippen molar-refractivity contribution in [1.29, 1.82) is 0 Å². The Morgan fingerprint density at radius 1 is 1.18 bits per heavy atom. The lowest BCUT2D eigenvalue weighted by atomic mass is 9.93. The predicted octanol–water partition coefficient (Wildman–Crippen LogP) is 3.19. The van der Waals surface area contributed by atoms with E-state index in [0.29, 0.717) is 6.42 Å². The highest BCUT2D eigenvalue weighted by Crippen LogP contribution is 2.18. The van der Waals surface area contributed by atoms with E-state index in [4.69, 9.17) is 0 Å². The molecule has 0 fully saturated rings. The first kappa shape index (κ1) is 13.9. The third kappa shape index (κ3) is 4.69. The molecular weight excluding hydrogens is 234 g/mol. The molecule has 17 heavy (non-hydrogen) atoms. The summed E-state index contributed by atoms with van der Waals surface area (Å²) in [5, 5.41) is 0. The van der Waals surface area contributed by atoms with Crippen molar-refractivity contribution in [1.82, 2.24) is 0 Å². The summed E-state index contributed by atoms with van der Waals surface area (Å²) in [5.74, 6) is 0. The molecule has 4 heteroatoms. The number of nitrogens with zero attached hydrogens (tertiary/aromatic N) is 1. The van der Waals surface area contributed by atoms with Crippen LogP contribution in [0.3, 0.4) is 0 Å². The van der Waals surface area contributed by atoms with Crippen molar-refractivity contribution >= 4 is 16.2 Å². The molecule has 0 aliphatic rings. The Bertz CT molecular complexity index is 493. The van der Waals surface area contributed by atoms with Gasteiger partial charge in [0.25, 0.3) is 10.0 Å². The van der Waals surface area contributed by atoms with Crippen LogP contribution in [-0.2, 0) is 10.0 Å². The fourth-order valence-corrected chi connectivity index (χ4v) is 2.05. The summed E-state index contributed by atoms with van der Waals surface area (Å²) in [5.41, 5.74) is 1.08. The van der Waals surface area contributed by atoms with Crippen LogP contribution in [0.15, 0.2) is 33.6 Å². The number of sulfonamides is 1. The minimum absolute atomic E-state index is 0.0479. The molecule has 0 unspecified atom stereocenters. The largest absolute Gasteiger partial charge is 0.281 e. The van der Waals surface area contributed by atoms with Crippen molar-refractivity contribution in [2.45, 2.75) is 39.0 Å². The summed E-state index contributed by atoms with van der Waals surface area (Å²) in [4.78, 5) is 0.244. The lowest BCUT2D eigenvalue weighted by Crippen LogP contribution is -2.06. The van der Waals surface area contributed by atoms with Gasteiger partial charge in [-0.25, -0.2) is 0 Å². The lowest BCUT2D eigenvalue weighted by Gasteiger charge is -2.13. The Kier molecular flexibility index (Phi) is 4.09. The fourth-order valence-electron chi connectivity index (χ4n) is 1.18. The average Bonchev–Trinajstić information content (AvgIpc) is 2.15. The first-order valence-electron chi connectivity index (χ1n) is 5.56. The molecule has 3 nitrogen and oxygen atoms in total. The SMILES string of the molecule is Cc1ccc(S(=O)(=O)/N=C/CC(C)(C)C)cc1. The van der Waals surface area contributed by atoms with Gasteiger partial charge >= 0.3 is 0 Å². The zero-order valence-corrected chi connectivity index (χ0v) is 11.6. The normalized spacial score (nSPS) is 13.2. The Morgan fingerprint density at radius 2 is 1.71 bits per heavy atom. The average molecular weight is 253 g/mol. The Balaban J connectivity index is 2.86. The van der Waals surface area contributed by atoms with Crippen molar-refractivity contribution in [3.05, 3.63) is 29.8 Å². The highest BCUT2D eigenvalue weighted by atomic mass is 32.2. The van der Waals surface area contributed by atoms with Crippen LogP contribution in [0.5, 0.6) is 0 Å². The molecule has 0 bridgehead atoms. The maximum absolute atomic E-state index is 11.8. The highest BCUT2D eigenvalue weighted by Gasteiger charge is 2.12. The zero-order valence-electron chi connectivity index (χ0n) is 10.8. The van der Waals surface area contributed by atoms with Crippen LogP contribution in [0.1, 0.15) is 32.8 Å². The van der Waals surface area contributed by atoms with Gasteiger partial charge in [-0.05, 0) is 30.9 Å². The minimum Gasteiger partial charge on any atom is -0.199 e. The quantitative estimate of drug-likeness (QED) is 0.777. The predicted molar refractivity (Wildman–Crippen MR) is 70.9 cm³/mol. The van der Waals surface area contributed by atoms with Crippen molar-refractivity contribution in [2.24, 2.45) is 9.81 Å². The second-order valence-corrected chi connectivity index (χ2v) is 6.97. The first-order valence-corrected chi connectivity index (χ1v) is 7.00. The standard InChI is InChI=1S/C13H19NO2S/c1-11-5-7-12(8-6-11)17(15,16)14-10-9-13(2,3)4/h5-8,10H,9H2,1-4H3/b14-10+. The molecular formula is C13H19NO2S. The van der Waals surface area contributed by atoms with Crippen molar-refractivity contribution in [3.8, 4) is 0 Å². The molecule has 0 N–H and O–H groups in total. The third-order valence-corrected chi connectivity index (χ3v) is 3.53. The van der Waals surface area contributed by atoms with Gasteiger partial charge in [0.2, 0.25) is 0 Å². The van der Waals surface area contributed by atoms with Crippen LogP contribution in [-0.4, -0.2) is 14.6 Å². The van der Waals surface area contributed by atoms with E-state index < -0.39 is 10.0 Å². The Labute approximate surface area is 104 Å². The second-order valence-electron chi connectivity index (χ2n) is 5.34. The van der Waals surface area contributed by atoms with E-state index in [1.807, 2.05) is 27.7 Å². The molecule has 94 valence electrons. The Hall–Kier alpha value is -1.16. The van der Waals surface area contributed by atoms with Crippen molar-refractivity contribution < 1.29 is 8.42 Å². The van der Waals surface area contributed by atoms with E-state index in [-0.39, 0.29) is 10.3 Å². The van der Waals surface area contributed by atoms with Crippen LogP contribution in [0.25, 0.3) is 0 Å². The second kappa shape index (κ2) is 5.00. The number of benzene rings is 1. The molecule has 0 saturated heterocycles. The summed E-state index contributed by atoms with van der Waals surface area (Å²) >= 11 is 0. The Morgan fingerprint density at radius 3 is 2.18 bits per heavy atom. The number of hydrogen-bond acceptors (Lipinski definition) is 2. The summed E-state index contributed by atoms with van der Waals surface area (Å²) in [6, 6.07) is 6.70.